The van der Waals surface area contributed by atoms with Crippen LogP contribution in [-0.2, 0) is 6.42 Å². The fourth-order valence-electron chi connectivity index (χ4n) is 2.91. The number of anilines is 3. The van der Waals surface area contributed by atoms with Crippen molar-refractivity contribution in [2.45, 2.75) is 6.42 Å². The van der Waals surface area contributed by atoms with Gasteiger partial charge in [-0.3, -0.25) is 4.79 Å². The van der Waals surface area contributed by atoms with Crippen molar-refractivity contribution < 1.29 is 9.21 Å². The van der Waals surface area contributed by atoms with Crippen molar-refractivity contribution in [1.82, 2.24) is 4.98 Å². The third-order valence-electron chi connectivity index (χ3n) is 4.49. The number of hydrogen-bond acceptors (Lipinski definition) is 5. The summed E-state index contributed by atoms with van der Waals surface area (Å²) in [6.07, 6.45) is 2.14. The third kappa shape index (κ3) is 4.44. The Morgan fingerprint density at radius 3 is 2.00 bits per heavy atom. The molecule has 0 bridgehead atoms. The van der Waals surface area contributed by atoms with E-state index in [1.54, 1.807) is 24.3 Å². The molecule has 1 aromatic heterocycles. The molecule has 0 unspecified atom stereocenters. The molecule has 0 saturated carbocycles. The van der Waals surface area contributed by atoms with E-state index in [9.17, 15) is 4.79 Å². The molecule has 0 aliphatic rings. The zero-order chi connectivity index (χ0) is 20.2. The molecule has 0 fully saturated rings. The molecular formula is C23H20N4O2. The minimum absolute atomic E-state index is 0.211. The molecule has 0 aliphatic carbocycles. The first-order valence-electron chi connectivity index (χ1n) is 9.13. The van der Waals surface area contributed by atoms with Gasteiger partial charge in [-0.1, -0.05) is 24.3 Å². The molecule has 6 nitrogen and oxygen atoms in total. The van der Waals surface area contributed by atoms with Gasteiger partial charge in [0.15, 0.2) is 5.69 Å². The topological polar surface area (TPSA) is 107 Å². The molecule has 4 rings (SSSR count). The number of nitrogen functional groups attached to an aromatic ring is 2. The fraction of sp³-hybridized carbons (Fsp3) is 0.0435. The Kier molecular flexibility index (Phi) is 4.99. The van der Waals surface area contributed by atoms with Crippen LogP contribution >= 0.6 is 0 Å². The first-order valence-corrected chi connectivity index (χ1v) is 9.13. The van der Waals surface area contributed by atoms with Gasteiger partial charge in [-0.25, -0.2) is 4.98 Å². The Labute approximate surface area is 168 Å². The Morgan fingerprint density at radius 1 is 0.828 bits per heavy atom. The Hall–Kier alpha value is -4.06. The van der Waals surface area contributed by atoms with Gasteiger partial charge in [-0.2, -0.15) is 0 Å². The first kappa shape index (κ1) is 18.3. The number of amides is 1. The van der Waals surface area contributed by atoms with Gasteiger partial charge < -0.3 is 21.2 Å². The zero-order valence-electron chi connectivity index (χ0n) is 15.6. The predicted molar refractivity (Wildman–Crippen MR) is 114 cm³/mol. The molecule has 144 valence electrons. The minimum atomic E-state index is -0.332. The molecular weight excluding hydrogens is 364 g/mol. The minimum Gasteiger partial charge on any atom is -0.444 e. The summed E-state index contributed by atoms with van der Waals surface area (Å²) >= 11 is 0. The lowest BCUT2D eigenvalue weighted by Crippen LogP contribution is -2.12. The first-order chi connectivity index (χ1) is 14.1. The van der Waals surface area contributed by atoms with E-state index < -0.39 is 0 Å². The number of nitrogens with two attached hydrogens (primary N) is 2. The Morgan fingerprint density at radius 2 is 1.38 bits per heavy atom. The second kappa shape index (κ2) is 7.90. The number of carbonyl (C=O) groups is 1. The van der Waals surface area contributed by atoms with Crippen LogP contribution in [0.5, 0.6) is 0 Å². The standard InChI is InChI=1S/C23H20N4O2/c24-18-7-1-15(2-8-18)13-16-3-11-20(12-4-16)26-22(28)21-14-29-23(27-21)17-5-9-19(25)10-6-17/h1-12,14H,13,24-25H2,(H,26,28). The molecule has 1 heterocycles. The van der Waals surface area contributed by atoms with Gasteiger partial charge >= 0.3 is 0 Å². The summed E-state index contributed by atoms with van der Waals surface area (Å²) in [5.41, 5.74) is 16.8. The van der Waals surface area contributed by atoms with Gasteiger partial charge in [0.1, 0.15) is 6.26 Å². The number of carbonyl (C=O) groups excluding carboxylic acids is 1. The summed E-state index contributed by atoms with van der Waals surface area (Å²) < 4.78 is 5.42. The smallest absolute Gasteiger partial charge is 0.277 e. The third-order valence-corrected chi connectivity index (χ3v) is 4.49. The molecule has 0 spiro atoms. The van der Waals surface area contributed by atoms with Crippen molar-refractivity contribution in [3.8, 4) is 11.5 Å². The number of oxazole rings is 1. The van der Waals surface area contributed by atoms with Gasteiger partial charge in [-0.15, -0.1) is 0 Å². The van der Waals surface area contributed by atoms with Crippen LogP contribution in [0.15, 0.2) is 83.5 Å². The number of aromatic nitrogens is 1. The maximum atomic E-state index is 12.5. The molecule has 5 N–H and O–H groups in total. The lowest BCUT2D eigenvalue weighted by atomic mass is 10.0. The monoisotopic (exact) mass is 384 g/mol. The summed E-state index contributed by atoms with van der Waals surface area (Å²) in [6.45, 7) is 0. The highest BCUT2D eigenvalue weighted by molar-refractivity contribution is 6.02. The van der Waals surface area contributed by atoms with Crippen molar-refractivity contribution in [3.63, 3.8) is 0 Å². The fourth-order valence-corrected chi connectivity index (χ4v) is 2.91. The SMILES string of the molecule is Nc1ccc(Cc2ccc(NC(=O)c3coc(-c4ccc(N)cc4)n3)cc2)cc1. The highest BCUT2D eigenvalue weighted by Gasteiger charge is 2.13. The van der Waals surface area contributed by atoms with Crippen molar-refractivity contribution in [2.75, 3.05) is 16.8 Å². The molecule has 0 radical (unpaired) electrons. The van der Waals surface area contributed by atoms with Crippen LogP contribution in [0.3, 0.4) is 0 Å². The van der Waals surface area contributed by atoms with E-state index in [2.05, 4.69) is 10.3 Å². The Bertz CT molecular complexity index is 1120. The van der Waals surface area contributed by atoms with Crippen LogP contribution in [0, 0.1) is 0 Å². The largest absolute Gasteiger partial charge is 0.444 e. The maximum Gasteiger partial charge on any atom is 0.277 e. The van der Waals surface area contributed by atoms with Crippen LogP contribution in [0.1, 0.15) is 21.6 Å². The molecule has 6 heteroatoms. The summed E-state index contributed by atoms with van der Waals surface area (Å²) in [5.74, 6) is 0.0377. The second-order valence-corrected chi connectivity index (χ2v) is 6.73. The average molecular weight is 384 g/mol. The molecule has 29 heavy (non-hydrogen) atoms. The van der Waals surface area contributed by atoms with E-state index >= 15 is 0 Å². The molecule has 4 aromatic rings. The lowest BCUT2D eigenvalue weighted by molar-refractivity contribution is 0.102. The van der Waals surface area contributed by atoms with Crippen molar-refractivity contribution in [1.29, 1.82) is 0 Å². The highest BCUT2D eigenvalue weighted by atomic mass is 16.3. The summed E-state index contributed by atoms with van der Waals surface area (Å²) in [6, 6.07) is 22.6. The van der Waals surface area contributed by atoms with E-state index in [0.717, 1.165) is 23.2 Å². The lowest BCUT2D eigenvalue weighted by Gasteiger charge is -2.06. The van der Waals surface area contributed by atoms with E-state index in [0.29, 0.717) is 17.3 Å². The molecule has 0 atom stereocenters. The van der Waals surface area contributed by atoms with Crippen molar-refractivity contribution in [3.05, 3.63) is 95.9 Å². The second-order valence-electron chi connectivity index (χ2n) is 6.73. The van der Waals surface area contributed by atoms with Crippen LogP contribution < -0.4 is 16.8 Å². The Balaban J connectivity index is 1.40. The molecule has 3 aromatic carbocycles. The molecule has 1 amide bonds. The van der Waals surface area contributed by atoms with E-state index in [1.165, 1.54) is 11.8 Å². The van der Waals surface area contributed by atoms with Crippen molar-refractivity contribution >= 4 is 23.0 Å². The summed E-state index contributed by atoms with van der Waals surface area (Å²) in [7, 11) is 0. The van der Waals surface area contributed by atoms with Gasteiger partial charge in [0, 0.05) is 22.6 Å². The van der Waals surface area contributed by atoms with Crippen LogP contribution in [0.2, 0.25) is 0 Å². The summed E-state index contributed by atoms with van der Waals surface area (Å²) in [5, 5.41) is 2.83. The number of nitrogens with one attached hydrogen (secondary N) is 1. The predicted octanol–water partition coefficient (Wildman–Crippen LogP) is 4.35. The van der Waals surface area contributed by atoms with Gasteiger partial charge in [0.05, 0.1) is 0 Å². The number of rotatable bonds is 5. The number of hydrogen-bond donors (Lipinski definition) is 3. The van der Waals surface area contributed by atoms with Gasteiger partial charge in [0.2, 0.25) is 5.89 Å². The van der Waals surface area contributed by atoms with Gasteiger partial charge in [0.25, 0.3) is 5.91 Å². The normalized spacial score (nSPS) is 10.6. The van der Waals surface area contributed by atoms with Crippen LogP contribution in [0.4, 0.5) is 17.1 Å². The van der Waals surface area contributed by atoms with Crippen LogP contribution in [-0.4, -0.2) is 10.9 Å². The molecule has 0 saturated heterocycles. The zero-order valence-corrected chi connectivity index (χ0v) is 15.6. The van der Waals surface area contributed by atoms with Crippen LogP contribution in [0.25, 0.3) is 11.5 Å². The highest BCUT2D eigenvalue weighted by Crippen LogP contribution is 2.21. The average Bonchev–Trinajstić information content (AvgIpc) is 3.22. The van der Waals surface area contributed by atoms with E-state index in [4.69, 9.17) is 15.9 Å². The van der Waals surface area contributed by atoms with Crippen molar-refractivity contribution in [2.24, 2.45) is 0 Å². The molecule has 0 aliphatic heterocycles. The number of nitrogens with zero attached hydrogens (tertiary/aromatic N) is 1. The maximum absolute atomic E-state index is 12.5. The van der Waals surface area contributed by atoms with E-state index in [-0.39, 0.29) is 11.6 Å². The summed E-state index contributed by atoms with van der Waals surface area (Å²) in [4.78, 5) is 16.7. The van der Waals surface area contributed by atoms with Gasteiger partial charge in [-0.05, 0) is 66.1 Å². The quantitative estimate of drug-likeness (QED) is 0.444. The van der Waals surface area contributed by atoms with E-state index in [1.807, 2.05) is 48.5 Å². The number of benzene rings is 3.